The van der Waals surface area contributed by atoms with E-state index in [1.807, 2.05) is 6.92 Å². The molecule has 0 aromatic heterocycles. The molecule has 0 aliphatic carbocycles. The molecule has 0 saturated heterocycles. The fraction of sp³-hybridized carbons (Fsp3) is 0.500. The number of ether oxygens (including phenoxy) is 1. The zero-order chi connectivity index (χ0) is 12.7. The van der Waals surface area contributed by atoms with Crippen molar-refractivity contribution >= 4 is 0 Å². The average molecular weight is 230 g/mol. The van der Waals surface area contributed by atoms with E-state index in [-0.39, 0.29) is 0 Å². The van der Waals surface area contributed by atoms with Gasteiger partial charge >= 0.3 is 0 Å². The smallest absolute Gasteiger partial charge is 0.119 e. The lowest BCUT2D eigenvalue weighted by Gasteiger charge is -2.11. The van der Waals surface area contributed by atoms with Gasteiger partial charge in [0.25, 0.3) is 0 Å². The summed E-state index contributed by atoms with van der Waals surface area (Å²) in [4.78, 5) is 0. The third kappa shape index (κ3) is 4.95. The lowest BCUT2D eigenvalue weighted by molar-refractivity contribution is 0.271. The largest absolute Gasteiger partial charge is 0.493 e. The molecule has 0 bridgehead atoms. The van der Waals surface area contributed by atoms with Crippen LogP contribution in [0.1, 0.15) is 38.3 Å². The molecule has 0 atom stereocenters. The summed E-state index contributed by atoms with van der Waals surface area (Å²) >= 11 is 0. The molecule has 0 spiro atoms. The van der Waals surface area contributed by atoms with Crippen LogP contribution in [0.15, 0.2) is 18.2 Å². The first-order valence-corrected chi connectivity index (χ1v) is 6.25. The third-order valence-electron chi connectivity index (χ3n) is 2.59. The molecule has 0 amide bonds. The highest BCUT2D eigenvalue weighted by Gasteiger charge is 2.01. The van der Waals surface area contributed by atoms with Crippen molar-refractivity contribution < 1.29 is 4.74 Å². The topological polar surface area (TPSA) is 9.23 Å². The molecular weight excluding hydrogens is 208 g/mol. The molecule has 1 aromatic rings. The standard InChI is InChI=1S/C16H22O/c1-5-6-7-8-15-9-10-16(11-14(15)4)17-12-13(2)3/h9-11,13H,7-8,12H2,1-4H3. The van der Waals surface area contributed by atoms with Crippen molar-refractivity contribution in [3.05, 3.63) is 29.3 Å². The number of aryl methyl sites for hydroxylation is 2. The third-order valence-corrected chi connectivity index (χ3v) is 2.59. The summed E-state index contributed by atoms with van der Waals surface area (Å²) in [5.41, 5.74) is 2.66. The highest BCUT2D eigenvalue weighted by atomic mass is 16.5. The number of hydrogen-bond acceptors (Lipinski definition) is 1. The van der Waals surface area contributed by atoms with E-state index in [1.54, 1.807) is 0 Å². The van der Waals surface area contributed by atoms with E-state index < -0.39 is 0 Å². The van der Waals surface area contributed by atoms with Gasteiger partial charge in [0.05, 0.1) is 6.61 Å². The maximum Gasteiger partial charge on any atom is 0.119 e. The molecule has 0 heterocycles. The summed E-state index contributed by atoms with van der Waals surface area (Å²) in [6.07, 6.45) is 1.96. The van der Waals surface area contributed by atoms with Gasteiger partial charge in [-0.1, -0.05) is 19.9 Å². The van der Waals surface area contributed by atoms with Gasteiger partial charge in [-0.2, -0.15) is 0 Å². The van der Waals surface area contributed by atoms with Gasteiger partial charge in [-0.15, -0.1) is 11.8 Å². The van der Waals surface area contributed by atoms with Crippen LogP contribution in [0.5, 0.6) is 5.75 Å². The first-order valence-electron chi connectivity index (χ1n) is 6.25. The molecule has 0 aliphatic rings. The van der Waals surface area contributed by atoms with Gasteiger partial charge in [-0.05, 0) is 49.4 Å². The van der Waals surface area contributed by atoms with Crippen LogP contribution >= 0.6 is 0 Å². The van der Waals surface area contributed by atoms with Crippen molar-refractivity contribution in [2.24, 2.45) is 5.92 Å². The van der Waals surface area contributed by atoms with E-state index in [1.165, 1.54) is 11.1 Å². The summed E-state index contributed by atoms with van der Waals surface area (Å²) in [5, 5.41) is 0. The maximum absolute atomic E-state index is 5.70. The van der Waals surface area contributed by atoms with Crippen molar-refractivity contribution in [3.8, 4) is 17.6 Å². The Morgan fingerprint density at radius 3 is 2.65 bits per heavy atom. The Hall–Kier alpha value is -1.42. The molecule has 1 heteroatoms. The van der Waals surface area contributed by atoms with Gasteiger partial charge in [-0.3, -0.25) is 0 Å². The predicted octanol–water partition coefficient (Wildman–Crippen LogP) is 3.99. The zero-order valence-corrected chi connectivity index (χ0v) is 11.3. The summed E-state index contributed by atoms with van der Waals surface area (Å²) in [5.74, 6) is 7.56. The second-order valence-electron chi connectivity index (χ2n) is 4.72. The van der Waals surface area contributed by atoms with E-state index in [2.05, 4.69) is 50.8 Å². The predicted molar refractivity (Wildman–Crippen MR) is 73.3 cm³/mol. The van der Waals surface area contributed by atoms with Crippen LogP contribution in [-0.4, -0.2) is 6.61 Å². The Balaban J connectivity index is 2.61. The highest BCUT2D eigenvalue weighted by Crippen LogP contribution is 2.19. The van der Waals surface area contributed by atoms with Crippen LogP contribution in [0.3, 0.4) is 0 Å². The van der Waals surface area contributed by atoms with Gasteiger partial charge in [0.1, 0.15) is 5.75 Å². The Labute approximate surface area is 105 Å². The molecule has 1 rings (SSSR count). The van der Waals surface area contributed by atoms with Crippen LogP contribution in [0, 0.1) is 24.7 Å². The molecule has 0 aliphatic heterocycles. The number of hydrogen-bond donors (Lipinski definition) is 0. The monoisotopic (exact) mass is 230 g/mol. The van der Waals surface area contributed by atoms with Gasteiger partial charge in [-0.25, -0.2) is 0 Å². The number of benzene rings is 1. The van der Waals surface area contributed by atoms with Crippen molar-refractivity contribution in [3.63, 3.8) is 0 Å². The lowest BCUT2D eigenvalue weighted by Crippen LogP contribution is -2.04. The normalized spacial score (nSPS) is 9.94. The van der Waals surface area contributed by atoms with E-state index >= 15 is 0 Å². The average Bonchev–Trinajstić information content (AvgIpc) is 2.29. The van der Waals surface area contributed by atoms with E-state index in [9.17, 15) is 0 Å². The Bertz CT molecular complexity index is 407. The first-order chi connectivity index (χ1) is 8.13. The molecule has 0 unspecified atom stereocenters. The zero-order valence-electron chi connectivity index (χ0n) is 11.3. The summed E-state index contributed by atoms with van der Waals surface area (Å²) in [6.45, 7) is 9.11. The van der Waals surface area contributed by atoms with Gasteiger partial charge < -0.3 is 4.74 Å². The van der Waals surface area contributed by atoms with Crippen molar-refractivity contribution in [1.82, 2.24) is 0 Å². The SMILES string of the molecule is CC#CCCc1ccc(OCC(C)C)cc1C. The Morgan fingerprint density at radius 1 is 1.29 bits per heavy atom. The van der Waals surface area contributed by atoms with Crippen LogP contribution in [0.4, 0.5) is 0 Å². The van der Waals surface area contributed by atoms with Crippen molar-refractivity contribution in [2.45, 2.75) is 40.5 Å². The Kier molecular flexibility index (Phi) is 5.63. The fourth-order valence-corrected chi connectivity index (χ4v) is 1.62. The van der Waals surface area contributed by atoms with Gasteiger partial charge in [0.15, 0.2) is 0 Å². The quantitative estimate of drug-likeness (QED) is 0.695. The van der Waals surface area contributed by atoms with Crippen molar-refractivity contribution in [2.75, 3.05) is 6.61 Å². The lowest BCUT2D eigenvalue weighted by atomic mass is 10.0. The molecule has 1 aromatic carbocycles. The summed E-state index contributed by atoms with van der Waals surface area (Å²) in [6, 6.07) is 6.34. The second-order valence-corrected chi connectivity index (χ2v) is 4.72. The molecule has 1 nitrogen and oxygen atoms in total. The van der Waals surface area contributed by atoms with E-state index in [0.29, 0.717) is 5.92 Å². The molecule has 17 heavy (non-hydrogen) atoms. The number of rotatable bonds is 5. The maximum atomic E-state index is 5.70. The summed E-state index contributed by atoms with van der Waals surface area (Å²) in [7, 11) is 0. The molecule has 0 N–H and O–H groups in total. The first kappa shape index (κ1) is 13.6. The summed E-state index contributed by atoms with van der Waals surface area (Å²) < 4.78 is 5.70. The van der Waals surface area contributed by atoms with Gasteiger partial charge in [0, 0.05) is 6.42 Å². The van der Waals surface area contributed by atoms with E-state index in [4.69, 9.17) is 4.74 Å². The molecule has 0 saturated carbocycles. The van der Waals surface area contributed by atoms with Crippen molar-refractivity contribution in [1.29, 1.82) is 0 Å². The molecule has 92 valence electrons. The minimum atomic E-state index is 0.565. The molecule has 0 radical (unpaired) electrons. The minimum Gasteiger partial charge on any atom is -0.493 e. The van der Waals surface area contributed by atoms with E-state index in [0.717, 1.165) is 25.2 Å². The minimum absolute atomic E-state index is 0.565. The molecule has 0 fully saturated rings. The van der Waals surface area contributed by atoms with Crippen LogP contribution in [-0.2, 0) is 6.42 Å². The van der Waals surface area contributed by atoms with Crippen LogP contribution < -0.4 is 4.74 Å². The highest BCUT2D eigenvalue weighted by molar-refractivity contribution is 5.35. The van der Waals surface area contributed by atoms with Crippen LogP contribution in [0.25, 0.3) is 0 Å². The Morgan fingerprint density at radius 2 is 2.06 bits per heavy atom. The van der Waals surface area contributed by atoms with Crippen LogP contribution in [0.2, 0.25) is 0 Å². The van der Waals surface area contributed by atoms with Gasteiger partial charge in [0.2, 0.25) is 0 Å². The molecular formula is C16H22O. The fourth-order valence-electron chi connectivity index (χ4n) is 1.62. The second kappa shape index (κ2) is 7.01.